The van der Waals surface area contributed by atoms with E-state index in [1.165, 1.54) is 17.0 Å². The Hall–Kier alpha value is -3.41. The molecular formula is C22H20FNO4. The number of rotatable bonds is 5. The summed E-state index contributed by atoms with van der Waals surface area (Å²) in [5.41, 5.74) is 1.44. The van der Waals surface area contributed by atoms with Crippen LogP contribution in [0.3, 0.4) is 0 Å². The van der Waals surface area contributed by atoms with Gasteiger partial charge in [-0.2, -0.15) is 0 Å². The number of methoxy groups -OCH3 is 1. The molecule has 0 fully saturated rings. The summed E-state index contributed by atoms with van der Waals surface area (Å²) >= 11 is 0. The van der Waals surface area contributed by atoms with Crippen molar-refractivity contribution in [1.29, 1.82) is 0 Å². The van der Waals surface area contributed by atoms with Crippen LogP contribution in [0.2, 0.25) is 0 Å². The number of hydrogen-bond donors (Lipinski definition) is 0. The number of carbonyl (C=O) groups is 2. The Kier molecular flexibility index (Phi) is 5.59. The highest BCUT2D eigenvalue weighted by molar-refractivity contribution is 6.23. The lowest BCUT2D eigenvalue weighted by Gasteiger charge is -2.18. The first-order valence-electron chi connectivity index (χ1n) is 8.81. The van der Waals surface area contributed by atoms with Crippen LogP contribution in [0.4, 0.5) is 10.1 Å². The number of carbonyl (C=O) groups excluding carboxylic acids is 2. The fourth-order valence-electron chi connectivity index (χ4n) is 3.07. The average molecular weight is 381 g/mol. The monoisotopic (exact) mass is 381 g/mol. The minimum atomic E-state index is -0.619. The molecule has 0 aliphatic carbocycles. The molecule has 0 aromatic heterocycles. The van der Waals surface area contributed by atoms with E-state index in [2.05, 4.69) is 0 Å². The minimum absolute atomic E-state index is 0.0943. The van der Waals surface area contributed by atoms with E-state index in [1.54, 1.807) is 63.4 Å². The van der Waals surface area contributed by atoms with Gasteiger partial charge in [-0.1, -0.05) is 18.2 Å². The van der Waals surface area contributed by atoms with Gasteiger partial charge in [-0.25, -0.2) is 9.18 Å². The predicted molar refractivity (Wildman–Crippen MR) is 104 cm³/mol. The van der Waals surface area contributed by atoms with Crippen LogP contribution < -0.4 is 9.64 Å². The van der Waals surface area contributed by atoms with E-state index in [1.807, 2.05) is 0 Å². The Bertz CT molecular complexity index is 976. The van der Waals surface area contributed by atoms with Crippen molar-refractivity contribution in [2.45, 2.75) is 13.8 Å². The predicted octanol–water partition coefficient (Wildman–Crippen LogP) is 4.10. The van der Waals surface area contributed by atoms with E-state index in [9.17, 15) is 14.0 Å². The van der Waals surface area contributed by atoms with Crippen LogP contribution in [0.5, 0.6) is 5.75 Å². The summed E-state index contributed by atoms with van der Waals surface area (Å²) < 4.78 is 24.4. The maximum atomic E-state index is 14.1. The summed E-state index contributed by atoms with van der Waals surface area (Å²) in [6, 6.07) is 12.9. The van der Waals surface area contributed by atoms with Crippen molar-refractivity contribution in [2.75, 3.05) is 18.6 Å². The third-order valence-electron chi connectivity index (χ3n) is 4.42. The quantitative estimate of drug-likeness (QED) is 0.578. The topological polar surface area (TPSA) is 55.8 Å². The van der Waals surface area contributed by atoms with Gasteiger partial charge in [0, 0.05) is 16.9 Å². The molecule has 0 N–H and O–H groups in total. The largest absolute Gasteiger partial charge is 0.497 e. The Balaban J connectivity index is 2.12. The highest BCUT2D eigenvalue weighted by Gasteiger charge is 2.38. The van der Waals surface area contributed by atoms with Crippen LogP contribution >= 0.6 is 0 Å². The summed E-state index contributed by atoms with van der Waals surface area (Å²) in [5.74, 6) is -0.878. The summed E-state index contributed by atoms with van der Waals surface area (Å²) in [7, 11) is 1.55. The van der Waals surface area contributed by atoms with Crippen LogP contribution in [-0.4, -0.2) is 25.6 Å². The molecule has 0 spiro atoms. The number of halogens is 1. The lowest BCUT2D eigenvalue weighted by Crippen LogP contribution is -2.24. The second kappa shape index (κ2) is 8.08. The molecular weight excluding hydrogens is 361 g/mol. The first kappa shape index (κ1) is 19.4. The zero-order valence-electron chi connectivity index (χ0n) is 15.9. The standard InChI is InChI=1S/C22H20FNO4/c1-4-28-22(26)20-14(2)24(16-9-11-17(27-3)12-10-16)21(25)18(20)13-15-7-5-6-8-19(15)23/h5-13H,4H2,1-3H3. The molecule has 28 heavy (non-hydrogen) atoms. The van der Waals surface area contributed by atoms with Gasteiger partial charge in [0.2, 0.25) is 0 Å². The maximum absolute atomic E-state index is 14.1. The van der Waals surface area contributed by atoms with E-state index in [0.29, 0.717) is 17.1 Å². The molecule has 2 aromatic rings. The van der Waals surface area contributed by atoms with E-state index in [4.69, 9.17) is 9.47 Å². The molecule has 144 valence electrons. The molecule has 1 aliphatic heterocycles. The normalized spacial score (nSPS) is 15.4. The molecule has 0 unspecified atom stereocenters. The SMILES string of the molecule is CCOC(=O)C1=C(C)N(c2ccc(OC)cc2)C(=O)C1=Cc1ccccc1F. The van der Waals surface area contributed by atoms with Crippen molar-refractivity contribution in [3.63, 3.8) is 0 Å². The number of ether oxygens (including phenoxy) is 2. The number of benzene rings is 2. The maximum Gasteiger partial charge on any atom is 0.340 e. The fraction of sp³-hybridized carbons (Fsp3) is 0.182. The van der Waals surface area contributed by atoms with Crippen molar-refractivity contribution in [2.24, 2.45) is 0 Å². The molecule has 6 heteroatoms. The Morgan fingerprint density at radius 2 is 1.82 bits per heavy atom. The number of allylic oxidation sites excluding steroid dienone is 1. The zero-order chi connectivity index (χ0) is 20.3. The van der Waals surface area contributed by atoms with E-state index >= 15 is 0 Å². The number of amides is 1. The summed E-state index contributed by atoms with van der Waals surface area (Å²) in [6.07, 6.45) is 1.39. The Morgan fingerprint density at radius 1 is 1.14 bits per heavy atom. The second-order valence-corrected chi connectivity index (χ2v) is 6.10. The highest BCUT2D eigenvalue weighted by Crippen LogP contribution is 2.36. The van der Waals surface area contributed by atoms with Gasteiger partial charge in [-0.15, -0.1) is 0 Å². The molecule has 1 amide bonds. The van der Waals surface area contributed by atoms with Crippen LogP contribution in [-0.2, 0) is 14.3 Å². The lowest BCUT2D eigenvalue weighted by molar-refractivity contribution is -0.138. The second-order valence-electron chi connectivity index (χ2n) is 6.10. The van der Waals surface area contributed by atoms with Crippen molar-refractivity contribution in [1.82, 2.24) is 0 Å². The third-order valence-corrected chi connectivity index (χ3v) is 4.42. The van der Waals surface area contributed by atoms with Crippen LogP contribution in [0.25, 0.3) is 6.08 Å². The molecule has 0 bridgehead atoms. The van der Waals surface area contributed by atoms with E-state index in [-0.39, 0.29) is 23.3 Å². The van der Waals surface area contributed by atoms with E-state index < -0.39 is 17.7 Å². The number of hydrogen-bond acceptors (Lipinski definition) is 4. The Morgan fingerprint density at radius 3 is 2.43 bits per heavy atom. The van der Waals surface area contributed by atoms with Gasteiger partial charge in [0.1, 0.15) is 11.6 Å². The van der Waals surface area contributed by atoms with Gasteiger partial charge in [0.15, 0.2) is 0 Å². The molecule has 1 heterocycles. The smallest absolute Gasteiger partial charge is 0.340 e. The molecule has 5 nitrogen and oxygen atoms in total. The van der Waals surface area contributed by atoms with Gasteiger partial charge >= 0.3 is 5.97 Å². The van der Waals surface area contributed by atoms with Gasteiger partial charge in [-0.3, -0.25) is 9.69 Å². The van der Waals surface area contributed by atoms with Gasteiger partial charge in [0.05, 0.1) is 24.9 Å². The van der Waals surface area contributed by atoms with Crippen LogP contribution in [0, 0.1) is 5.82 Å². The first-order chi connectivity index (χ1) is 13.5. The first-order valence-corrected chi connectivity index (χ1v) is 8.81. The number of nitrogens with zero attached hydrogens (tertiary/aromatic N) is 1. The fourth-order valence-corrected chi connectivity index (χ4v) is 3.07. The van der Waals surface area contributed by atoms with Crippen LogP contribution in [0.15, 0.2) is 65.4 Å². The molecule has 0 saturated carbocycles. The number of esters is 1. The molecule has 1 aliphatic rings. The van der Waals surface area contributed by atoms with Crippen LogP contribution in [0.1, 0.15) is 19.4 Å². The zero-order valence-corrected chi connectivity index (χ0v) is 15.9. The molecule has 3 rings (SSSR count). The third kappa shape index (κ3) is 3.53. The minimum Gasteiger partial charge on any atom is -0.497 e. The number of anilines is 1. The molecule has 0 radical (unpaired) electrons. The van der Waals surface area contributed by atoms with E-state index in [0.717, 1.165) is 0 Å². The summed E-state index contributed by atoms with van der Waals surface area (Å²) in [4.78, 5) is 27.1. The summed E-state index contributed by atoms with van der Waals surface area (Å²) in [5, 5.41) is 0. The molecule has 0 atom stereocenters. The van der Waals surface area contributed by atoms with Gasteiger partial charge < -0.3 is 9.47 Å². The van der Waals surface area contributed by atoms with Crippen molar-refractivity contribution >= 4 is 23.6 Å². The van der Waals surface area contributed by atoms with Crippen molar-refractivity contribution in [3.05, 3.63) is 76.8 Å². The molecule has 0 saturated heterocycles. The molecule has 2 aromatic carbocycles. The summed E-state index contributed by atoms with van der Waals surface area (Å²) in [6.45, 7) is 3.52. The van der Waals surface area contributed by atoms with Crippen molar-refractivity contribution in [3.8, 4) is 5.75 Å². The van der Waals surface area contributed by atoms with Gasteiger partial charge in [-0.05, 0) is 50.3 Å². The lowest BCUT2D eigenvalue weighted by atomic mass is 10.0. The average Bonchev–Trinajstić information content (AvgIpc) is 2.94. The Labute approximate surface area is 162 Å². The highest BCUT2D eigenvalue weighted by atomic mass is 19.1. The van der Waals surface area contributed by atoms with Crippen molar-refractivity contribution < 1.29 is 23.5 Å². The van der Waals surface area contributed by atoms with Gasteiger partial charge in [0.25, 0.3) is 5.91 Å².